The first kappa shape index (κ1) is 8.74. The van der Waals surface area contributed by atoms with Crippen molar-refractivity contribution >= 4 is 6.03 Å². The average molecular weight is 187 g/mol. The molecule has 0 aromatic rings. The molecule has 0 bridgehead atoms. The Kier molecular flexibility index (Phi) is 1.90. The molecule has 0 radical (unpaired) electrons. The molecule has 2 rings (SSSR count). The highest BCUT2D eigenvalue weighted by Crippen LogP contribution is 2.32. The summed E-state index contributed by atoms with van der Waals surface area (Å²) < 4.78 is 10.7. The largest absolute Gasteiger partial charge is 0.354 e. The normalized spacial score (nSPS) is 42.8. The van der Waals surface area contributed by atoms with Crippen LogP contribution in [0.1, 0.15) is 6.42 Å². The number of methoxy groups -OCH3 is 1. The Labute approximate surface area is 75.7 Å². The summed E-state index contributed by atoms with van der Waals surface area (Å²) in [4.78, 5) is 11.0. The third kappa shape index (κ3) is 1.18. The minimum atomic E-state index is -0.721. The summed E-state index contributed by atoms with van der Waals surface area (Å²) in [7, 11) is 1.54. The first-order valence-corrected chi connectivity index (χ1v) is 4.19. The summed E-state index contributed by atoms with van der Waals surface area (Å²) >= 11 is 0. The number of carbonyl (C=O) groups excluding carboxylic acids is 1. The molecular weight excluding hydrogens is 174 g/mol. The monoisotopic (exact) mass is 187 g/mol. The number of hydrogen-bond acceptors (Lipinski definition) is 4. The van der Waals surface area contributed by atoms with Gasteiger partial charge >= 0.3 is 6.03 Å². The Morgan fingerprint density at radius 1 is 1.85 bits per heavy atom. The fourth-order valence-electron chi connectivity index (χ4n) is 1.79. The van der Waals surface area contributed by atoms with E-state index in [4.69, 9.17) is 15.2 Å². The van der Waals surface area contributed by atoms with Gasteiger partial charge in [0.05, 0.1) is 6.10 Å². The number of carbonyl (C=O) groups is 1. The second-order valence-corrected chi connectivity index (χ2v) is 3.27. The Balaban J connectivity index is 2.15. The third-order valence-electron chi connectivity index (χ3n) is 2.50. The van der Waals surface area contributed by atoms with Gasteiger partial charge in [-0.1, -0.05) is 0 Å². The Hall–Kier alpha value is -0.850. The van der Waals surface area contributed by atoms with Crippen molar-refractivity contribution in [2.45, 2.75) is 24.5 Å². The Bertz CT molecular complexity index is 235. The van der Waals surface area contributed by atoms with Crippen LogP contribution in [-0.2, 0) is 9.47 Å². The highest BCUT2D eigenvalue weighted by molar-refractivity contribution is 5.77. The van der Waals surface area contributed by atoms with Crippen molar-refractivity contribution in [1.82, 2.24) is 10.6 Å². The standard InChI is InChI=1S/C7H13N3O3/c1-12-7-2-4(3-8)13-5(7)9-6(11)10-7/h4-5H,2-3,8H2,1H3,(H2,9,10,11)/t4-,5?,7?/m1/s1. The van der Waals surface area contributed by atoms with Crippen LogP contribution in [0.2, 0.25) is 0 Å². The van der Waals surface area contributed by atoms with Crippen LogP contribution in [0, 0.1) is 0 Å². The SMILES string of the molecule is COC12C[C@H](CN)OC1NC(=O)N2. The first-order valence-electron chi connectivity index (χ1n) is 4.19. The lowest BCUT2D eigenvalue weighted by molar-refractivity contribution is -0.0720. The Morgan fingerprint density at radius 3 is 3.15 bits per heavy atom. The lowest BCUT2D eigenvalue weighted by Gasteiger charge is -2.23. The van der Waals surface area contributed by atoms with Crippen LogP contribution in [0.15, 0.2) is 0 Å². The molecule has 0 saturated carbocycles. The van der Waals surface area contributed by atoms with E-state index in [1.807, 2.05) is 0 Å². The van der Waals surface area contributed by atoms with Crippen molar-refractivity contribution in [1.29, 1.82) is 0 Å². The van der Waals surface area contributed by atoms with Gasteiger partial charge in [0.2, 0.25) is 0 Å². The highest BCUT2D eigenvalue weighted by Gasteiger charge is 2.55. The van der Waals surface area contributed by atoms with Gasteiger partial charge in [-0.3, -0.25) is 0 Å². The summed E-state index contributed by atoms with van der Waals surface area (Å²) in [5.74, 6) is 0. The van der Waals surface area contributed by atoms with Crippen LogP contribution < -0.4 is 16.4 Å². The van der Waals surface area contributed by atoms with Gasteiger partial charge in [-0.15, -0.1) is 0 Å². The van der Waals surface area contributed by atoms with Gasteiger partial charge in [-0.05, 0) is 0 Å². The van der Waals surface area contributed by atoms with Crippen LogP contribution in [0.3, 0.4) is 0 Å². The summed E-state index contributed by atoms with van der Waals surface area (Å²) in [5.41, 5.74) is 4.74. The van der Waals surface area contributed by atoms with Gasteiger partial charge in [-0.2, -0.15) is 0 Å². The van der Waals surface area contributed by atoms with Crippen LogP contribution in [0.25, 0.3) is 0 Å². The molecule has 2 amide bonds. The number of amides is 2. The van der Waals surface area contributed by atoms with Crippen LogP contribution in [-0.4, -0.2) is 37.7 Å². The van der Waals surface area contributed by atoms with Gasteiger partial charge < -0.3 is 25.8 Å². The number of urea groups is 1. The number of ether oxygens (including phenoxy) is 2. The van der Waals surface area contributed by atoms with Crippen molar-refractivity contribution in [3.05, 3.63) is 0 Å². The second kappa shape index (κ2) is 2.83. The van der Waals surface area contributed by atoms with E-state index in [0.717, 1.165) is 0 Å². The average Bonchev–Trinajstić information content (AvgIpc) is 2.57. The number of rotatable bonds is 2. The van der Waals surface area contributed by atoms with E-state index in [1.54, 1.807) is 7.11 Å². The zero-order valence-electron chi connectivity index (χ0n) is 7.37. The van der Waals surface area contributed by atoms with Crippen molar-refractivity contribution in [2.75, 3.05) is 13.7 Å². The van der Waals surface area contributed by atoms with Gasteiger partial charge in [0.1, 0.15) is 0 Å². The molecule has 2 heterocycles. The predicted octanol–water partition coefficient (Wildman–Crippen LogP) is -1.28. The zero-order valence-corrected chi connectivity index (χ0v) is 7.37. The number of nitrogens with two attached hydrogens (primary N) is 1. The van der Waals surface area contributed by atoms with Gasteiger partial charge in [0, 0.05) is 20.1 Å². The van der Waals surface area contributed by atoms with E-state index in [1.165, 1.54) is 0 Å². The van der Waals surface area contributed by atoms with Gasteiger partial charge in [-0.25, -0.2) is 4.79 Å². The minimum Gasteiger partial charge on any atom is -0.354 e. The molecule has 2 aliphatic rings. The number of nitrogens with one attached hydrogen (secondary N) is 2. The molecule has 4 N–H and O–H groups in total. The summed E-state index contributed by atoms with van der Waals surface area (Å²) in [6, 6.07) is -0.262. The van der Waals surface area contributed by atoms with E-state index in [-0.39, 0.29) is 12.1 Å². The Morgan fingerprint density at radius 2 is 2.62 bits per heavy atom. The molecule has 6 nitrogen and oxygen atoms in total. The zero-order chi connectivity index (χ0) is 9.47. The van der Waals surface area contributed by atoms with Crippen LogP contribution in [0.5, 0.6) is 0 Å². The smallest absolute Gasteiger partial charge is 0.319 e. The summed E-state index contributed by atoms with van der Waals surface area (Å²) in [5, 5.41) is 5.31. The van der Waals surface area contributed by atoms with E-state index in [0.29, 0.717) is 13.0 Å². The van der Waals surface area contributed by atoms with Gasteiger partial charge in [0.15, 0.2) is 12.0 Å². The van der Waals surface area contributed by atoms with E-state index in [2.05, 4.69) is 10.6 Å². The molecule has 6 heteroatoms. The van der Waals surface area contributed by atoms with Crippen molar-refractivity contribution in [3.63, 3.8) is 0 Å². The van der Waals surface area contributed by atoms with Crippen LogP contribution >= 0.6 is 0 Å². The predicted molar refractivity (Wildman–Crippen MR) is 43.7 cm³/mol. The fraction of sp³-hybridized carbons (Fsp3) is 0.857. The first-order chi connectivity index (χ1) is 6.20. The molecule has 3 atom stereocenters. The molecule has 2 fully saturated rings. The molecule has 2 unspecified atom stereocenters. The van der Waals surface area contributed by atoms with E-state index >= 15 is 0 Å². The second-order valence-electron chi connectivity index (χ2n) is 3.27. The summed E-state index contributed by atoms with van der Waals surface area (Å²) in [6.07, 6.45) is 0.111. The maximum absolute atomic E-state index is 11.0. The maximum Gasteiger partial charge on any atom is 0.319 e. The topological polar surface area (TPSA) is 85.6 Å². The molecule has 0 aliphatic carbocycles. The molecular formula is C7H13N3O3. The molecule has 13 heavy (non-hydrogen) atoms. The fourth-order valence-corrected chi connectivity index (χ4v) is 1.79. The quantitative estimate of drug-likeness (QED) is 0.502. The third-order valence-corrected chi connectivity index (χ3v) is 2.50. The molecule has 2 aliphatic heterocycles. The lowest BCUT2D eigenvalue weighted by atomic mass is 10.1. The molecule has 0 aromatic carbocycles. The highest BCUT2D eigenvalue weighted by atomic mass is 16.6. The van der Waals surface area contributed by atoms with E-state index in [9.17, 15) is 4.79 Å². The van der Waals surface area contributed by atoms with Gasteiger partial charge in [0.25, 0.3) is 0 Å². The van der Waals surface area contributed by atoms with Crippen molar-refractivity contribution in [2.24, 2.45) is 5.73 Å². The van der Waals surface area contributed by atoms with Crippen molar-refractivity contribution in [3.8, 4) is 0 Å². The maximum atomic E-state index is 11.0. The van der Waals surface area contributed by atoms with Crippen LogP contribution in [0.4, 0.5) is 4.79 Å². The molecule has 0 spiro atoms. The lowest BCUT2D eigenvalue weighted by Crippen LogP contribution is -2.47. The molecule has 0 aromatic heterocycles. The minimum absolute atomic E-state index is 0.0574. The van der Waals surface area contributed by atoms with Crippen molar-refractivity contribution < 1.29 is 14.3 Å². The summed E-state index contributed by atoms with van der Waals surface area (Å²) in [6.45, 7) is 0.430. The molecule has 2 saturated heterocycles. The molecule has 74 valence electrons. The van der Waals surface area contributed by atoms with E-state index < -0.39 is 12.0 Å². The number of hydrogen-bond donors (Lipinski definition) is 3. The number of fused-ring (bicyclic) bond motifs is 1.